The molecular formula is C47H29N3O. The molecule has 0 atom stereocenters. The molecule has 10 rings (SSSR count). The van der Waals surface area contributed by atoms with E-state index in [0.717, 1.165) is 60.2 Å². The number of hydrogen-bond donors (Lipinski definition) is 0. The molecule has 0 spiro atoms. The van der Waals surface area contributed by atoms with Gasteiger partial charge in [-0.05, 0) is 68.7 Å². The monoisotopic (exact) mass is 651 g/mol. The summed E-state index contributed by atoms with van der Waals surface area (Å²) in [5.74, 6) is 1.83. The molecule has 0 radical (unpaired) electrons. The molecule has 4 nitrogen and oxygen atoms in total. The molecule has 238 valence electrons. The number of benzene rings is 8. The summed E-state index contributed by atoms with van der Waals surface area (Å²) in [4.78, 5) is 15.1. The first-order chi connectivity index (χ1) is 25.2. The van der Waals surface area contributed by atoms with Gasteiger partial charge >= 0.3 is 0 Å². The van der Waals surface area contributed by atoms with Gasteiger partial charge in [-0.3, -0.25) is 0 Å². The van der Waals surface area contributed by atoms with E-state index in [4.69, 9.17) is 19.4 Å². The van der Waals surface area contributed by atoms with Crippen molar-refractivity contribution in [2.75, 3.05) is 0 Å². The second kappa shape index (κ2) is 11.9. The van der Waals surface area contributed by atoms with Crippen LogP contribution in [0.15, 0.2) is 180 Å². The summed E-state index contributed by atoms with van der Waals surface area (Å²) in [5, 5.41) is 6.68. The van der Waals surface area contributed by atoms with Crippen molar-refractivity contribution in [3.63, 3.8) is 0 Å². The van der Waals surface area contributed by atoms with Gasteiger partial charge in [0, 0.05) is 32.8 Å². The van der Waals surface area contributed by atoms with Crippen LogP contribution in [0, 0.1) is 0 Å². The topological polar surface area (TPSA) is 51.8 Å². The standard InChI is InChI=1S/C47H29N3O/c1-4-12-30(13-5-1)34-22-20-31-21-23-35(27-37(31)26-34)46-48-45(33-16-8-3-9-17-33)49-47(50-46)36-24-25-39-42-29-41(32-14-6-2-7-15-32)38-18-10-11-19-40(38)44(42)51-43(39)28-36/h1-29H. The van der Waals surface area contributed by atoms with Crippen molar-refractivity contribution in [2.45, 2.75) is 0 Å². The van der Waals surface area contributed by atoms with Crippen LogP contribution < -0.4 is 0 Å². The van der Waals surface area contributed by atoms with Gasteiger partial charge in [-0.15, -0.1) is 0 Å². The third kappa shape index (κ3) is 5.13. The molecular weight excluding hydrogens is 623 g/mol. The van der Waals surface area contributed by atoms with Gasteiger partial charge in [0.1, 0.15) is 11.2 Å². The summed E-state index contributed by atoms with van der Waals surface area (Å²) in [6, 6.07) is 61.1. The molecule has 0 aliphatic rings. The fourth-order valence-electron chi connectivity index (χ4n) is 7.14. The maximum atomic E-state index is 6.67. The Balaban J connectivity index is 1.13. The molecule has 0 saturated heterocycles. The highest BCUT2D eigenvalue weighted by Crippen LogP contribution is 2.41. The Bertz CT molecular complexity index is 2900. The molecule has 0 bridgehead atoms. The SMILES string of the molecule is c1ccc(-c2ccc3ccc(-c4nc(-c5ccccc5)nc(-c5ccc6c(c5)oc5c7ccccc7c(-c7ccccc7)cc65)n4)cc3c2)cc1. The first-order valence-corrected chi connectivity index (χ1v) is 17.1. The smallest absolute Gasteiger partial charge is 0.164 e. The number of rotatable bonds is 5. The minimum Gasteiger partial charge on any atom is -0.455 e. The first kappa shape index (κ1) is 29.0. The van der Waals surface area contributed by atoms with E-state index in [0.29, 0.717) is 17.5 Å². The van der Waals surface area contributed by atoms with Gasteiger partial charge in [0.05, 0.1) is 0 Å². The molecule has 2 heterocycles. The fraction of sp³-hybridized carbons (Fsp3) is 0. The zero-order valence-corrected chi connectivity index (χ0v) is 27.5. The van der Waals surface area contributed by atoms with Gasteiger partial charge in [0.2, 0.25) is 0 Å². The molecule has 0 fully saturated rings. The molecule has 0 saturated carbocycles. The quantitative estimate of drug-likeness (QED) is 0.186. The van der Waals surface area contributed by atoms with Crippen LogP contribution >= 0.6 is 0 Å². The Morgan fingerprint density at radius 2 is 0.843 bits per heavy atom. The predicted octanol–water partition coefficient (Wildman–Crippen LogP) is 12.4. The van der Waals surface area contributed by atoms with E-state index in [1.807, 2.05) is 36.4 Å². The summed E-state index contributed by atoms with van der Waals surface area (Å²) in [7, 11) is 0. The Kier molecular flexibility index (Phi) is 6.78. The van der Waals surface area contributed by atoms with Crippen LogP contribution in [0.5, 0.6) is 0 Å². The van der Waals surface area contributed by atoms with Gasteiger partial charge in [-0.1, -0.05) is 146 Å². The normalized spacial score (nSPS) is 11.5. The van der Waals surface area contributed by atoms with E-state index in [1.54, 1.807) is 0 Å². The van der Waals surface area contributed by atoms with Crippen molar-refractivity contribution in [1.82, 2.24) is 15.0 Å². The van der Waals surface area contributed by atoms with Crippen molar-refractivity contribution in [1.29, 1.82) is 0 Å². The molecule has 0 amide bonds. The summed E-state index contributed by atoms with van der Waals surface area (Å²) < 4.78 is 6.67. The Hall–Kier alpha value is -6.91. The highest BCUT2D eigenvalue weighted by molar-refractivity contribution is 6.19. The number of hydrogen-bond acceptors (Lipinski definition) is 4. The highest BCUT2D eigenvalue weighted by atomic mass is 16.3. The van der Waals surface area contributed by atoms with Crippen molar-refractivity contribution >= 4 is 43.5 Å². The van der Waals surface area contributed by atoms with Gasteiger partial charge in [0.25, 0.3) is 0 Å². The maximum absolute atomic E-state index is 6.67. The predicted molar refractivity (Wildman–Crippen MR) is 209 cm³/mol. The van der Waals surface area contributed by atoms with Gasteiger partial charge < -0.3 is 4.42 Å². The van der Waals surface area contributed by atoms with Crippen molar-refractivity contribution < 1.29 is 4.42 Å². The molecule has 8 aromatic carbocycles. The molecule has 0 aliphatic carbocycles. The van der Waals surface area contributed by atoms with E-state index in [9.17, 15) is 0 Å². The highest BCUT2D eigenvalue weighted by Gasteiger charge is 2.18. The van der Waals surface area contributed by atoms with Gasteiger partial charge in [-0.2, -0.15) is 0 Å². The zero-order valence-electron chi connectivity index (χ0n) is 27.5. The van der Waals surface area contributed by atoms with Crippen LogP contribution in [0.25, 0.3) is 99.9 Å². The lowest BCUT2D eigenvalue weighted by molar-refractivity contribution is 0.673. The second-order valence-corrected chi connectivity index (χ2v) is 12.8. The molecule has 51 heavy (non-hydrogen) atoms. The third-order valence-electron chi connectivity index (χ3n) is 9.69. The number of furan rings is 1. The van der Waals surface area contributed by atoms with Crippen LogP contribution in [0.4, 0.5) is 0 Å². The fourth-order valence-corrected chi connectivity index (χ4v) is 7.14. The molecule has 0 unspecified atom stereocenters. The molecule has 2 aromatic heterocycles. The lowest BCUT2D eigenvalue weighted by atomic mass is 9.95. The van der Waals surface area contributed by atoms with Crippen LogP contribution in [-0.2, 0) is 0 Å². The van der Waals surface area contributed by atoms with E-state index >= 15 is 0 Å². The molecule has 10 aromatic rings. The van der Waals surface area contributed by atoms with Crippen molar-refractivity contribution in [3.05, 3.63) is 176 Å². The van der Waals surface area contributed by atoms with Crippen LogP contribution in [0.1, 0.15) is 0 Å². The minimum absolute atomic E-state index is 0.592. The van der Waals surface area contributed by atoms with Crippen LogP contribution in [0.2, 0.25) is 0 Å². The molecule has 4 heteroatoms. The van der Waals surface area contributed by atoms with Crippen LogP contribution in [-0.4, -0.2) is 15.0 Å². The van der Waals surface area contributed by atoms with E-state index in [1.165, 1.54) is 22.3 Å². The zero-order chi connectivity index (χ0) is 33.7. The van der Waals surface area contributed by atoms with E-state index < -0.39 is 0 Å². The average molecular weight is 652 g/mol. The van der Waals surface area contributed by atoms with Gasteiger partial charge in [-0.25, -0.2) is 15.0 Å². The molecule has 0 aliphatic heterocycles. The van der Waals surface area contributed by atoms with Crippen LogP contribution in [0.3, 0.4) is 0 Å². The Morgan fingerprint density at radius 3 is 1.55 bits per heavy atom. The largest absolute Gasteiger partial charge is 0.455 e. The third-order valence-corrected chi connectivity index (χ3v) is 9.69. The van der Waals surface area contributed by atoms with Crippen molar-refractivity contribution in [2.24, 2.45) is 0 Å². The molecule has 0 N–H and O–H groups in total. The second-order valence-electron chi connectivity index (χ2n) is 12.8. The van der Waals surface area contributed by atoms with E-state index in [2.05, 4.69) is 140 Å². The summed E-state index contributed by atoms with van der Waals surface area (Å²) >= 11 is 0. The van der Waals surface area contributed by atoms with E-state index in [-0.39, 0.29) is 0 Å². The lowest BCUT2D eigenvalue weighted by Crippen LogP contribution is -2.00. The lowest BCUT2D eigenvalue weighted by Gasteiger charge is -2.10. The van der Waals surface area contributed by atoms with Gasteiger partial charge in [0.15, 0.2) is 17.5 Å². The summed E-state index contributed by atoms with van der Waals surface area (Å²) in [6.45, 7) is 0. The van der Waals surface area contributed by atoms with Crippen molar-refractivity contribution in [3.8, 4) is 56.4 Å². The summed E-state index contributed by atoms with van der Waals surface area (Å²) in [5.41, 5.74) is 9.11. The number of aromatic nitrogens is 3. The average Bonchev–Trinajstić information content (AvgIpc) is 3.59. The number of fused-ring (bicyclic) bond motifs is 6. The Labute approximate surface area is 294 Å². The maximum Gasteiger partial charge on any atom is 0.164 e. The minimum atomic E-state index is 0.592. The Morgan fingerprint density at radius 1 is 0.314 bits per heavy atom. The summed E-state index contributed by atoms with van der Waals surface area (Å²) in [6.07, 6.45) is 0. The first-order valence-electron chi connectivity index (χ1n) is 17.1. The number of nitrogens with zero attached hydrogens (tertiary/aromatic N) is 3.